The van der Waals surface area contributed by atoms with E-state index in [1.165, 1.54) is 25.7 Å². The van der Waals surface area contributed by atoms with Gasteiger partial charge in [0.1, 0.15) is 12.6 Å². The molecule has 2 aromatic carbocycles. The standard InChI is InChI=1S/C28H32N2O5/c31-26(32)15-25(27(33)29-12-11-19-14-17-9-10-18(19)13-17)30-28(34)35-16-24-22-7-3-1-5-20(22)21-6-2-4-8-23(21)24/h1-8,17-19,24-25H,9-16H2,(H,29,33)(H,30,34)(H,31,32). The Morgan fingerprint density at radius 1 is 0.971 bits per heavy atom. The van der Waals surface area contributed by atoms with Crippen LogP contribution >= 0.6 is 0 Å². The molecular weight excluding hydrogens is 444 g/mol. The molecule has 2 fully saturated rings. The lowest BCUT2D eigenvalue weighted by molar-refractivity contribution is -0.139. The van der Waals surface area contributed by atoms with Crippen LogP contribution < -0.4 is 10.6 Å². The third kappa shape index (κ3) is 5.04. The zero-order chi connectivity index (χ0) is 24.4. The van der Waals surface area contributed by atoms with Crippen molar-refractivity contribution in [3.05, 3.63) is 59.7 Å². The van der Waals surface area contributed by atoms with Crippen LogP contribution in [0.3, 0.4) is 0 Å². The molecule has 2 saturated carbocycles. The van der Waals surface area contributed by atoms with Crippen molar-refractivity contribution < 1.29 is 24.2 Å². The number of amides is 2. The summed E-state index contributed by atoms with van der Waals surface area (Å²) in [4.78, 5) is 36.6. The maximum atomic E-state index is 12.7. The lowest BCUT2D eigenvalue weighted by atomic mass is 9.86. The highest BCUT2D eigenvalue weighted by atomic mass is 16.5. The zero-order valence-electron chi connectivity index (χ0n) is 19.7. The number of carbonyl (C=O) groups excluding carboxylic acids is 2. The van der Waals surface area contributed by atoms with E-state index in [0.717, 1.165) is 40.5 Å². The summed E-state index contributed by atoms with van der Waals surface area (Å²) in [5.74, 6) is 0.506. The van der Waals surface area contributed by atoms with E-state index < -0.39 is 30.4 Å². The summed E-state index contributed by atoms with van der Waals surface area (Å²) < 4.78 is 5.50. The molecule has 184 valence electrons. The first-order chi connectivity index (χ1) is 17.0. The number of nitrogens with one attached hydrogen (secondary N) is 2. The van der Waals surface area contributed by atoms with Gasteiger partial charge in [-0.3, -0.25) is 9.59 Å². The molecule has 0 aliphatic heterocycles. The van der Waals surface area contributed by atoms with Gasteiger partial charge in [-0.1, -0.05) is 55.0 Å². The molecule has 4 unspecified atom stereocenters. The first-order valence-electron chi connectivity index (χ1n) is 12.6. The summed E-state index contributed by atoms with van der Waals surface area (Å²) in [5, 5.41) is 14.6. The van der Waals surface area contributed by atoms with Gasteiger partial charge in [-0.25, -0.2) is 4.79 Å². The first-order valence-corrected chi connectivity index (χ1v) is 12.6. The van der Waals surface area contributed by atoms with E-state index in [-0.39, 0.29) is 12.5 Å². The molecule has 4 atom stereocenters. The van der Waals surface area contributed by atoms with E-state index in [4.69, 9.17) is 4.74 Å². The Morgan fingerprint density at radius 2 is 1.66 bits per heavy atom. The molecule has 0 radical (unpaired) electrons. The summed E-state index contributed by atoms with van der Waals surface area (Å²) in [6, 6.07) is 14.9. The maximum absolute atomic E-state index is 12.7. The molecule has 7 heteroatoms. The zero-order valence-corrected chi connectivity index (χ0v) is 19.7. The van der Waals surface area contributed by atoms with Crippen LogP contribution in [0.4, 0.5) is 4.79 Å². The van der Waals surface area contributed by atoms with Gasteiger partial charge in [-0.15, -0.1) is 0 Å². The minimum atomic E-state index is -1.18. The smallest absolute Gasteiger partial charge is 0.407 e. The van der Waals surface area contributed by atoms with Crippen molar-refractivity contribution in [3.8, 4) is 11.1 Å². The van der Waals surface area contributed by atoms with Crippen LogP contribution in [0, 0.1) is 17.8 Å². The second-order valence-electron chi connectivity index (χ2n) is 10.1. The molecule has 2 aromatic rings. The normalized spacial score (nSPS) is 22.8. The number of aliphatic carboxylic acids is 1. The van der Waals surface area contributed by atoms with E-state index in [1.54, 1.807) is 0 Å². The van der Waals surface area contributed by atoms with Gasteiger partial charge in [-0.2, -0.15) is 0 Å². The Hall–Kier alpha value is -3.35. The van der Waals surface area contributed by atoms with Crippen LogP contribution in [0.5, 0.6) is 0 Å². The fraction of sp³-hybridized carbons (Fsp3) is 0.464. The second-order valence-corrected chi connectivity index (χ2v) is 10.1. The van der Waals surface area contributed by atoms with Gasteiger partial charge in [0.25, 0.3) is 0 Å². The fourth-order valence-electron chi connectivity index (χ4n) is 6.40. The molecule has 0 saturated heterocycles. The second kappa shape index (κ2) is 10.1. The van der Waals surface area contributed by atoms with E-state index in [1.807, 2.05) is 36.4 Å². The molecule has 0 heterocycles. The van der Waals surface area contributed by atoms with Crippen molar-refractivity contribution in [2.24, 2.45) is 17.8 Å². The number of rotatable bonds is 9. The number of fused-ring (bicyclic) bond motifs is 5. The van der Waals surface area contributed by atoms with Crippen LogP contribution in [0.15, 0.2) is 48.5 Å². The average molecular weight is 477 g/mol. The third-order valence-electron chi connectivity index (χ3n) is 8.03. The largest absolute Gasteiger partial charge is 0.481 e. The molecule has 0 aromatic heterocycles. The van der Waals surface area contributed by atoms with Crippen LogP contribution in [0.1, 0.15) is 55.6 Å². The van der Waals surface area contributed by atoms with E-state index >= 15 is 0 Å². The highest BCUT2D eigenvalue weighted by Crippen LogP contribution is 2.49. The van der Waals surface area contributed by atoms with Crippen molar-refractivity contribution in [1.82, 2.24) is 10.6 Å². The first kappa shape index (κ1) is 23.4. The Morgan fingerprint density at radius 3 is 2.26 bits per heavy atom. The number of hydrogen-bond donors (Lipinski definition) is 3. The van der Waals surface area contributed by atoms with Gasteiger partial charge in [-0.05, 0) is 65.7 Å². The van der Waals surface area contributed by atoms with E-state index in [9.17, 15) is 19.5 Å². The lowest BCUT2D eigenvalue weighted by Crippen LogP contribution is -2.48. The average Bonchev–Trinajstić information content (AvgIpc) is 3.55. The summed E-state index contributed by atoms with van der Waals surface area (Å²) in [6.45, 7) is 0.598. The highest BCUT2D eigenvalue weighted by Gasteiger charge is 2.39. The lowest BCUT2D eigenvalue weighted by Gasteiger charge is -2.22. The number of hydrogen-bond acceptors (Lipinski definition) is 4. The minimum absolute atomic E-state index is 0.103. The number of benzene rings is 2. The Kier molecular flexibility index (Phi) is 6.75. The van der Waals surface area contributed by atoms with Crippen molar-refractivity contribution >= 4 is 18.0 Å². The van der Waals surface area contributed by atoms with E-state index in [2.05, 4.69) is 22.8 Å². The van der Waals surface area contributed by atoms with Crippen molar-refractivity contribution in [3.63, 3.8) is 0 Å². The third-order valence-corrected chi connectivity index (χ3v) is 8.03. The van der Waals surface area contributed by atoms with Gasteiger partial charge in [0.05, 0.1) is 6.42 Å². The predicted octanol–water partition coefficient (Wildman–Crippen LogP) is 4.31. The molecule has 0 spiro atoms. The van der Waals surface area contributed by atoms with Gasteiger partial charge in [0.2, 0.25) is 5.91 Å². The SMILES string of the molecule is O=C(O)CC(NC(=O)OCC1c2ccccc2-c2ccccc21)C(=O)NCCC1CC2CCC1C2. The minimum Gasteiger partial charge on any atom is -0.481 e. The van der Waals surface area contributed by atoms with Gasteiger partial charge >= 0.3 is 12.1 Å². The quantitative estimate of drug-likeness (QED) is 0.500. The number of carboxylic acid groups (broad SMARTS) is 1. The number of alkyl carbamates (subject to hydrolysis) is 1. The fourth-order valence-corrected chi connectivity index (χ4v) is 6.40. The van der Waals surface area contributed by atoms with Crippen LogP contribution in [0.2, 0.25) is 0 Å². The molecule has 7 nitrogen and oxygen atoms in total. The Bertz CT molecular complexity index is 1070. The molecule has 3 aliphatic rings. The summed E-state index contributed by atoms with van der Waals surface area (Å²) >= 11 is 0. The van der Waals surface area contributed by atoms with Crippen molar-refractivity contribution in [2.45, 2.75) is 50.5 Å². The molecule has 35 heavy (non-hydrogen) atoms. The van der Waals surface area contributed by atoms with Gasteiger partial charge in [0, 0.05) is 12.5 Å². The summed E-state index contributed by atoms with van der Waals surface area (Å²) in [7, 11) is 0. The van der Waals surface area contributed by atoms with Crippen LogP contribution in [0.25, 0.3) is 11.1 Å². The number of ether oxygens (including phenoxy) is 1. The topological polar surface area (TPSA) is 105 Å². The Labute approximate surface area is 205 Å². The number of carbonyl (C=O) groups is 3. The van der Waals surface area contributed by atoms with E-state index in [0.29, 0.717) is 12.5 Å². The van der Waals surface area contributed by atoms with Crippen LogP contribution in [-0.2, 0) is 14.3 Å². The number of carboxylic acids is 1. The van der Waals surface area contributed by atoms with Crippen molar-refractivity contribution in [2.75, 3.05) is 13.2 Å². The monoisotopic (exact) mass is 476 g/mol. The predicted molar refractivity (Wildman–Crippen MR) is 131 cm³/mol. The molecule has 2 amide bonds. The molecule has 3 aliphatic carbocycles. The van der Waals surface area contributed by atoms with Gasteiger partial charge < -0.3 is 20.5 Å². The maximum Gasteiger partial charge on any atom is 0.407 e. The summed E-state index contributed by atoms with van der Waals surface area (Å²) in [5.41, 5.74) is 4.41. The Balaban J connectivity index is 1.15. The molecule has 2 bridgehead atoms. The van der Waals surface area contributed by atoms with Gasteiger partial charge in [0.15, 0.2) is 0 Å². The summed E-state index contributed by atoms with van der Waals surface area (Å²) in [6.07, 6.45) is 4.77. The highest BCUT2D eigenvalue weighted by molar-refractivity contribution is 5.89. The van der Waals surface area contributed by atoms with Crippen LogP contribution in [-0.4, -0.2) is 42.3 Å². The van der Waals surface area contributed by atoms with Crippen molar-refractivity contribution in [1.29, 1.82) is 0 Å². The molecular formula is C28H32N2O5. The molecule has 3 N–H and O–H groups in total. The molecule has 5 rings (SSSR count).